The molecule has 0 bridgehead atoms. The second kappa shape index (κ2) is 4.08. The molecule has 90 valence electrons. The van der Waals surface area contributed by atoms with Crippen molar-refractivity contribution in [3.05, 3.63) is 29.8 Å². The molecular formula is C12H14N2O3. The van der Waals surface area contributed by atoms with Crippen molar-refractivity contribution in [2.45, 2.75) is 20.3 Å². The molecule has 5 heteroatoms. The number of hydrogen-bond acceptors (Lipinski definition) is 3. The van der Waals surface area contributed by atoms with Crippen LogP contribution in [0.5, 0.6) is 5.75 Å². The molecule has 0 atom stereocenters. The molecule has 0 saturated heterocycles. The maximum absolute atomic E-state index is 11.1. The Morgan fingerprint density at radius 1 is 1.53 bits per heavy atom. The number of rotatable bonds is 3. The van der Waals surface area contributed by atoms with Crippen LogP contribution in [0.4, 0.5) is 0 Å². The van der Waals surface area contributed by atoms with Crippen molar-refractivity contribution >= 4 is 11.5 Å². The van der Waals surface area contributed by atoms with Gasteiger partial charge >= 0.3 is 5.97 Å². The predicted octanol–water partition coefficient (Wildman–Crippen LogP) is 1.94. The lowest BCUT2D eigenvalue weighted by atomic mass is 10.1. The van der Waals surface area contributed by atoms with Gasteiger partial charge in [-0.15, -0.1) is 0 Å². The van der Waals surface area contributed by atoms with Crippen molar-refractivity contribution in [2.24, 2.45) is 5.92 Å². The number of imidazole rings is 1. The Bertz CT molecular complexity index is 572. The van der Waals surface area contributed by atoms with Crippen LogP contribution in [0.25, 0.3) is 5.52 Å². The average Bonchev–Trinajstić information content (AvgIpc) is 2.58. The third-order valence-electron chi connectivity index (χ3n) is 2.51. The Morgan fingerprint density at radius 2 is 2.24 bits per heavy atom. The Kier molecular flexibility index (Phi) is 2.75. The molecule has 0 radical (unpaired) electrons. The average molecular weight is 234 g/mol. The summed E-state index contributed by atoms with van der Waals surface area (Å²) in [4.78, 5) is 15.2. The van der Waals surface area contributed by atoms with Crippen molar-refractivity contribution in [1.82, 2.24) is 9.38 Å². The number of nitrogens with zero attached hydrogens (tertiary/aromatic N) is 2. The second-order valence-electron chi connectivity index (χ2n) is 4.39. The van der Waals surface area contributed by atoms with E-state index >= 15 is 0 Å². The first-order valence-corrected chi connectivity index (χ1v) is 5.43. The molecule has 2 aromatic rings. The van der Waals surface area contributed by atoms with E-state index in [1.165, 1.54) is 6.07 Å². The zero-order valence-corrected chi connectivity index (χ0v) is 9.71. The van der Waals surface area contributed by atoms with E-state index in [9.17, 15) is 9.90 Å². The Balaban J connectivity index is 2.71. The highest BCUT2D eigenvalue weighted by atomic mass is 16.4. The maximum atomic E-state index is 11.1. The molecular weight excluding hydrogens is 220 g/mol. The van der Waals surface area contributed by atoms with Crippen molar-refractivity contribution in [1.29, 1.82) is 0 Å². The summed E-state index contributed by atoms with van der Waals surface area (Å²) in [6, 6.07) is 3.13. The van der Waals surface area contributed by atoms with E-state index in [1.54, 1.807) is 16.7 Å². The van der Waals surface area contributed by atoms with Crippen LogP contribution in [0.1, 0.15) is 30.2 Å². The Hall–Kier alpha value is -2.04. The Morgan fingerprint density at radius 3 is 2.82 bits per heavy atom. The molecule has 0 spiro atoms. The highest BCUT2D eigenvalue weighted by molar-refractivity contribution is 5.95. The number of carbonyl (C=O) groups is 1. The summed E-state index contributed by atoms with van der Waals surface area (Å²) in [6.45, 7) is 4.06. The van der Waals surface area contributed by atoms with Crippen LogP contribution in [-0.4, -0.2) is 25.6 Å². The molecule has 0 aliphatic heterocycles. The lowest BCUT2D eigenvalue weighted by Crippen LogP contribution is -2.00. The minimum absolute atomic E-state index is 0.0626. The zero-order chi connectivity index (χ0) is 12.6. The van der Waals surface area contributed by atoms with E-state index in [2.05, 4.69) is 4.98 Å². The molecule has 2 rings (SSSR count). The van der Waals surface area contributed by atoms with Crippen LogP contribution in [0.3, 0.4) is 0 Å². The van der Waals surface area contributed by atoms with E-state index in [4.69, 9.17) is 5.11 Å². The van der Waals surface area contributed by atoms with Crippen molar-refractivity contribution in [3.63, 3.8) is 0 Å². The van der Waals surface area contributed by atoms with Gasteiger partial charge in [0.25, 0.3) is 0 Å². The zero-order valence-electron chi connectivity index (χ0n) is 9.71. The third kappa shape index (κ3) is 1.95. The van der Waals surface area contributed by atoms with Gasteiger partial charge in [-0.25, -0.2) is 9.78 Å². The quantitative estimate of drug-likeness (QED) is 0.851. The second-order valence-corrected chi connectivity index (χ2v) is 4.39. The monoisotopic (exact) mass is 234 g/mol. The summed E-state index contributed by atoms with van der Waals surface area (Å²) in [5.74, 6) is -0.167. The minimum atomic E-state index is -1.13. The van der Waals surface area contributed by atoms with Crippen LogP contribution >= 0.6 is 0 Å². The molecule has 17 heavy (non-hydrogen) atoms. The number of aromatic carboxylic acids is 1. The largest absolute Gasteiger partial charge is 0.506 e. The number of carboxylic acid groups (broad SMARTS) is 1. The van der Waals surface area contributed by atoms with E-state index in [0.717, 1.165) is 0 Å². The summed E-state index contributed by atoms with van der Waals surface area (Å²) in [6.07, 6.45) is 2.38. The molecule has 2 heterocycles. The normalized spacial score (nSPS) is 11.2. The number of carboxylic acids is 1. The highest BCUT2D eigenvalue weighted by Crippen LogP contribution is 2.24. The summed E-state index contributed by atoms with van der Waals surface area (Å²) in [5.41, 5.74) is 0.161. The molecule has 2 N–H and O–H groups in total. The fraction of sp³-hybridized carbons (Fsp3) is 0.333. The molecule has 0 unspecified atom stereocenters. The summed E-state index contributed by atoms with van der Waals surface area (Å²) in [7, 11) is 0. The summed E-state index contributed by atoms with van der Waals surface area (Å²) >= 11 is 0. The molecule has 0 aliphatic rings. The highest BCUT2D eigenvalue weighted by Gasteiger charge is 2.19. The number of hydrogen-bond donors (Lipinski definition) is 2. The van der Waals surface area contributed by atoms with E-state index in [-0.39, 0.29) is 17.0 Å². The van der Waals surface area contributed by atoms with E-state index < -0.39 is 5.97 Å². The first kappa shape index (κ1) is 11.4. The first-order chi connectivity index (χ1) is 8.00. The number of aromatic hydroxyl groups is 1. The SMILES string of the molecule is CC(C)Cc1nc(C(=O)O)c2c(O)cccn12. The molecule has 2 aromatic heterocycles. The lowest BCUT2D eigenvalue weighted by Gasteiger charge is -2.04. The smallest absolute Gasteiger partial charge is 0.356 e. The van der Waals surface area contributed by atoms with Crippen LogP contribution in [0.15, 0.2) is 18.3 Å². The van der Waals surface area contributed by atoms with Gasteiger partial charge in [-0.3, -0.25) is 4.40 Å². The number of pyridine rings is 1. The number of fused-ring (bicyclic) bond motifs is 1. The minimum Gasteiger partial charge on any atom is -0.506 e. The van der Waals surface area contributed by atoms with Gasteiger partial charge in [-0.2, -0.15) is 0 Å². The van der Waals surface area contributed by atoms with Gasteiger partial charge in [0.1, 0.15) is 17.1 Å². The molecule has 5 nitrogen and oxygen atoms in total. The fourth-order valence-electron chi connectivity index (χ4n) is 1.84. The third-order valence-corrected chi connectivity index (χ3v) is 2.51. The van der Waals surface area contributed by atoms with Gasteiger partial charge in [0.15, 0.2) is 5.69 Å². The van der Waals surface area contributed by atoms with Gasteiger partial charge in [0, 0.05) is 12.6 Å². The van der Waals surface area contributed by atoms with Gasteiger partial charge in [-0.05, 0) is 18.1 Å². The van der Waals surface area contributed by atoms with Crippen molar-refractivity contribution in [3.8, 4) is 5.75 Å². The van der Waals surface area contributed by atoms with Gasteiger partial charge in [0.2, 0.25) is 0 Å². The summed E-state index contributed by atoms with van der Waals surface area (Å²) < 4.78 is 1.64. The fourth-order valence-corrected chi connectivity index (χ4v) is 1.84. The van der Waals surface area contributed by atoms with Gasteiger partial charge in [-0.1, -0.05) is 13.8 Å². The van der Waals surface area contributed by atoms with Crippen molar-refractivity contribution < 1.29 is 15.0 Å². The van der Waals surface area contributed by atoms with Crippen LogP contribution < -0.4 is 0 Å². The molecule has 0 saturated carbocycles. The van der Waals surface area contributed by atoms with E-state index in [0.29, 0.717) is 18.2 Å². The van der Waals surface area contributed by atoms with Crippen LogP contribution in [0, 0.1) is 5.92 Å². The summed E-state index contributed by atoms with van der Waals surface area (Å²) in [5, 5.41) is 18.8. The van der Waals surface area contributed by atoms with Crippen LogP contribution in [0.2, 0.25) is 0 Å². The Labute approximate surface area is 98.3 Å². The lowest BCUT2D eigenvalue weighted by molar-refractivity contribution is 0.0692. The van der Waals surface area contributed by atoms with Crippen molar-refractivity contribution in [2.75, 3.05) is 0 Å². The number of aromatic nitrogens is 2. The topological polar surface area (TPSA) is 74.8 Å². The molecule has 0 aromatic carbocycles. The van der Waals surface area contributed by atoms with Gasteiger partial charge < -0.3 is 10.2 Å². The van der Waals surface area contributed by atoms with Gasteiger partial charge in [0.05, 0.1) is 0 Å². The maximum Gasteiger partial charge on any atom is 0.356 e. The first-order valence-electron chi connectivity index (χ1n) is 5.43. The molecule has 0 fully saturated rings. The van der Waals surface area contributed by atoms with Crippen LogP contribution in [-0.2, 0) is 6.42 Å². The molecule has 0 amide bonds. The molecule has 0 aliphatic carbocycles. The van der Waals surface area contributed by atoms with E-state index in [1.807, 2.05) is 13.8 Å². The predicted molar refractivity (Wildman–Crippen MR) is 62.4 cm³/mol. The standard InChI is InChI=1S/C12H14N2O3/c1-7(2)6-9-13-10(12(16)17)11-8(15)4-3-5-14(9)11/h3-5,7,15H,6H2,1-2H3,(H,16,17).